The van der Waals surface area contributed by atoms with E-state index >= 15 is 0 Å². The smallest absolute Gasteiger partial charge is 0.228 e. The molecule has 1 N–H and O–H groups in total. The Labute approximate surface area is 75.9 Å². The van der Waals surface area contributed by atoms with Crippen molar-refractivity contribution in [3.05, 3.63) is 24.2 Å². The third kappa shape index (κ3) is 1.89. The number of hydrogen-bond donors (Lipinski definition) is 1. The van der Waals surface area contributed by atoms with Crippen molar-refractivity contribution in [2.45, 2.75) is 6.54 Å². The first-order chi connectivity index (χ1) is 6.36. The van der Waals surface area contributed by atoms with E-state index in [-0.39, 0.29) is 11.8 Å². The summed E-state index contributed by atoms with van der Waals surface area (Å²) < 4.78 is 9.98. The van der Waals surface area contributed by atoms with Crippen molar-refractivity contribution in [1.29, 1.82) is 0 Å². The largest absolute Gasteiger partial charge is 0.467 e. The topological polar surface area (TPSA) is 51.5 Å². The maximum absolute atomic E-state index is 11.3. The van der Waals surface area contributed by atoms with Crippen LogP contribution in [0, 0.1) is 5.92 Å². The van der Waals surface area contributed by atoms with Gasteiger partial charge in [0.15, 0.2) is 0 Å². The fourth-order valence-corrected chi connectivity index (χ4v) is 1.12. The molecular weight excluding hydrogens is 170 g/mol. The van der Waals surface area contributed by atoms with Crippen molar-refractivity contribution in [2.24, 2.45) is 5.92 Å². The molecule has 0 spiro atoms. The van der Waals surface area contributed by atoms with E-state index in [4.69, 9.17) is 9.15 Å². The fourth-order valence-electron chi connectivity index (χ4n) is 1.12. The average molecular weight is 181 g/mol. The van der Waals surface area contributed by atoms with Gasteiger partial charge in [0, 0.05) is 0 Å². The van der Waals surface area contributed by atoms with Crippen molar-refractivity contribution in [3.8, 4) is 0 Å². The van der Waals surface area contributed by atoms with Crippen LogP contribution in [0.25, 0.3) is 0 Å². The molecule has 70 valence electrons. The summed E-state index contributed by atoms with van der Waals surface area (Å²) in [6.07, 6.45) is 1.59. The van der Waals surface area contributed by atoms with Crippen molar-refractivity contribution < 1.29 is 13.9 Å². The minimum Gasteiger partial charge on any atom is -0.467 e. The van der Waals surface area contributed by atoms with Gasteiger partial charge in [-0.25, -0.2) is 0 Å². The number of nitrogens with one attached hydrogen (secondary N) is 1. The monoisotopic (exact) mass is 181 g/mol. The lowest BCUT2D eigenvalue weighted by Crippen LogP contribution is -2.41. The van der Waals surface area contributed by atoms with Gasteiger partial charge >= 0.3 is 0 Å². The summed E-state index contributed by atoms with van der Waals surface area (Å²) in [4.78, 5) is 11.3. The number of carbonyl (C=O) groups excluding carboxylic acids is 1. The molecule has 4 heteroatoms. The van der Waals surface area contributed by atoms with Gasteiger partial charge in [0.2, 0.25) is 5.91 Å². The Morgan fingerprint density at radius 1 is 1.62 bits per heavy atom. The van der Waals surface area contributed by atoms with Gasteiger partial charge in [-0.15, -0.1) is 0 Å². The van der Waals surface area contributed by atoms with Crippen LogP contribution in [-0.4, -0.2) is 19.1 Å². The Kier molecular flexibility index (Phi) is 2.31. The van der Waals surface area contributed by atoms with Gasteiger partial charge in [-0.1, -0.05) is 0 Å². The molecule has 0 bridgehead atoms. The van der Waals surface area contributed by atoms with E-state index in [1.807, 2.05) is 6.07 Å². The Morgan fingerprint density at radius 2 is 2.46 bits per heavy atom. The molecule has 1 aromatic heterocycles. The number of rotatable bonds is 3. The molecular formula is C9H11NO3. The predicted molar refractivity (Wildman–Crippen MR) is 44.9 cm³/mol. The van der Waals surface area contributed by atoms with Crippen LogP contribution < -0.4 is 5.32 Å². The summed E-state index contributed by atoms with van der Waals surface area (Å²) in [5.41, 5.74) is 0. The first-order valence-corrected chi connectivity index (χ1v) is 4.24. The lowest BCUT2D eigenvalue weighted by atomic mass is 10.1. The molecule has 0 atom stereocenters. The summed E-state index contributed by atoms with van der Waals surface area (Å²) in [6.45, 7) is 1.55. The Balaban J connectivity index is 1.76. The van der Waals surface area contributed by atoms with Gasteiger partial charge in [-0.05, 0) is 12.1 Å². The second kappa shape index (κ2) is 3.62. The molecule has 4 nitrogen and oxygen atoms in total. The Morgan fingerprint density at radius 3 is 3.00 bits per heavy atom. The van der Waals surface area contributed by atoms with E-state index in [1.165, 1.54) is 0 Å². The van der Waals surface area contributed by atoms with Gasteiger partial charge in [0.1, 0.15) is 5.76 Å². The second-order valence-corrected chi connectivity index (χ2v) is 3.03. The third-order valence-corrected chi connectivity index (χ3v) is 2.03. The highest BCUT2D eigenvalue weighted by Crippen LogP contribution is 2.09. The van der Waals surface area contributed by atoms with Gasteiger partial charge in [-0.2, -0.15) is 0 Å². The first kappa shape index (κ1) is 8.31. The summed E-state index contributed by atoms with van der Waals surface area (Å²) in [7, 11) is 0. The molecule has 1 aliphatic rings. The molecule has 2 rings (SSSR count). The van der Waals surface area contributed by atoms with Crippen LogP contribution in [0.5, 0.6) is 0 Å². The molecule has 0 radical (unpaired) electrons. The molecule has 1 saturated heterocycles. The van der Waals surface area contributed by atoms with Crippen molar-refractivity contribution >= 4 is 5.91 Å². The highest BCUT2D eigenvalue weighted by atomic mass is 16.5. The zero-order valence-corrected chi connectivity index (χ0v) is 7.16. The number of hydrogen-bond acceptors (Lipinski definition) is 3. The van der Waals surface area contributed by atoms with E-state index in [9.17, 15) is 4.79 Å². The summed E-state index contributed by atoms with van der Waals surface area (Å²) in [5.74, 6) is 0.853. The van der Waals surface area contributed by atoms with Crippen LogP contribution in [-0.2, 0) is 16.1 Å². The van der Waals surface area contributed by atoms with Crippen molar-refractivity contribution in [2.75, 3.05) is 13.2 Å². The van der Waals surface area contributed by atoms with Gasteiger partial charge in [0.05, 0.1) is 31.9 Å². The lowest BCUT2D eigenvalue weighted by Gasteiger charge is -2.24. The minimum absolute atomic E-state index is 0.0370. The zero-order valence-electron chi connectivity index (χ0n) is 7.16. The van der Waals surface area contributed by atoms with Crippen molar-refractivity contribution in [1.82, 2.24) is 5.32 Å². The SMILES string of the molecule is O=C(NCc1ccco1)C1COC1. The molecule has 0 aromatic carbocycles. The van der Waals surface area contributed by atoms with Crippen molar-refractivity contribution in [3.63, 3.8) is 0 Å². The second-order valence-electron chi connectivity index (χ2n) is 3.03. The fraction of sp³-hybridized carbons (Fsp3) is 0.444. The number of amides is 1. The number of carbonyl (C=O) groups is 1. The Hall–Kier alpha value is -1.29. The molecule has 2 heterocycles. The quantitative estimate of drug-likeness (QED) is 0.740. The van der Waals surface area contributed by atoms with Crippen LogP contribution in [0.4, 0.5) is 0 Å². The highest BCUT2D eigenvalue weighted by molar-refractivity contribution is 5.79. The van der Waals surface area contributed by atoms with Crippen LogP contribution >= 0.6 is 0 Å². The summed E-state index contributed by atoms with van der Waals surface area (Å²) in [6, 6.07) is 3.63. The highest BCUT2D eigenvalue weighted by Gasteiger charge is 2.25. The maximum atomic E-state index is 11.3. The normalized spacial score (nSPS) is 16.6. The number of ether oxygens (including phenoxy) is 1. The van der Waals surface area contributed by atoms with E-state index in [0.717, 1.165) is 5.76 Å². The summed E-state index contributed by atoms with van der Waals surface area (Å²) in [5, 5.41) is 2.77. The predicted octanol–water partition coefficient (Wildman–Crippen LogP) is 0.542. The van der Waals surface area contributed by atoms with Crippen LogP contribution in [0.2, 0.25) is 0 Å². The summed E-state index contributed by atoms with van der Waals surface area (Å²) >= 11 is 0. The lowest BCUT2D eigenvalue weighted by molar-refractivity contribution is -0.139. The molecule has 1 amide bonds. The van der Waals surface area contributed by atoms with Crippen LogP contribution in [0.15, 0.2) is 22.8 Å². The zero-order chi connectivity index (χ0) is 9.10. The van der Waals surface area contributed by atoms with Gasteiger partial charge in [0.25, 0.3) is 0 Å². The molecule has 1 fully saturated rings. The molecule has 0 unspecified atom stereocenters. The van der Waals surface area contributed by atoms with E-state index in [1.54, 1.807) is 12.3 Å². The Bertz CT molecular complexity index is 277. The molecule has 0 saturated carbocycles. The van der Waals surface area contributed by atoms with Crippen LogP contribution in [0.3, 0.4) is 0 Å². The minimum atomic E-state index is 0.0370. The van der Waals surface area contributed by atoms with E-state index in [0.29, 0.717) is 19.8 Å². The van der Waals surface area contributed by atoms with Crippen LogP contribution in [0.1, 0.15) is 5.76 Å². The molecule has 1 aliphatic heterocycles. The van der Waals surface area contributed by atoms with Gasteiger partial charge in [-0.3, -0.25) is 4.79 Å². The van der Waals surface area contributed by atoms with E-state index in [2.05, 4.69) is 5.32 Å². The third-order valence-electron chi connectivity index (χ3n) is 2.03. The molecule has 13 heavy (non-hydrogen) atoms. The number of furan rings is 1. The standard InChI is InChI=1S/C9H11NO3/c11-9(7-5-12-6-7)10-4-8-2-1-3-13-8/h1-3,7H,4-6H2,(H,10,11). The average Bonchev–Trinajstić information content (AvgIpc) is 2.49. The van der Waals surface area contributed by atoms with Gasteiger partial charge < -0.3 is 14.5 Å². The van der Waals surface area contributed by atoms with E-state index < -0.39 is 0 Å². The maximum Gasteiger partial charge on any atom is 0.228 e. The first-order valence-electron chi connectivity index (χ1n) is 4.24. The molecule has 1 aromatic rings. The molecule has 0 aliphatic carbocycles.